The Balaban J connectivity index is 0.00000178. The molecule has 78 heavy (non-hydrogen) atoms. The van der Waals surface area contributed by atoms with E-state index in [2.05, 4.69) is 45.7 Å². The second kappa shape index (κ2) is 34.2. The number of nitriles is 1. The van der Waals surface area contributed by atoms with Gasteiger partial charge in [0.2, 0.25) is 23.6 Å². The zero-order chi connectivity index (χ0) is 59.3. The number of phenols is 1. The Morgan fingerprint density at radius 1 is 0.756 bits per heavy atom. The Kier molecular flexibility index (Phi) is 30.0. The zero-order valence-corrected chi connectivity index (χ0v) is 48.8. The van der Waals surface area contributed by atoms with Gasteiger partial charge in [-0.15, -0.1) is 0 Å². The molecule has 7 N–H and O–H groups in total. The lowest BCUT2D eigenvalue weighted by atomic mass is 9.93. The van der Waals surface area contributed by atoms with E-state index < -0.39 is 65.9 Å². The molecule has 0 fully saturated rings. The van der Waals surface area contributed by atoms with E-state index in [4.69, 9.17) is 18.9 Å². The van der Waals surface area contributed by atoms with Gasteiger partial charge in [0.05, 0.1) is 24.7 Å². The van der Waals surface area contributed by atoms with Crippen LogP contribution in [0.1, 0.15) is 130 Å². The van der Waals surface area contributed by atoms with E-state index in [9.17, 15) is 43.9 Å². The molecular formula is C57H87N9O12. The molecule has 0 spiro atoms. The second-order valence-electron chi connectivity index (χ2n) is 19.9. The van der Waals surface area contributed by atoms with E-state index in [1.165, 1.54) is 32.5 Å². The van der Waals surface area contributed by atoms with Crippen LogP contribution in [0.25, 0.3) is 11.1 Å². The van der Waals surface area contributed by atoms with Gasteiger partial charge in [-0.1, -0.05) is 59.2 Å². The Hall–Kier alpha value is -7.60. The van der Waals surface area contributed by atoms with Crippen LogP contribution < -0.4 is 41.4 Å². The van der Waals surface area contributed by atoms with Crippen molar-refractivity contribution in [1.29, 1.82) is 5.26 Å². The number of likely N-dealkylation sites (N-methyl/N-ethyl adjacent to an activating group) is 2. The normalized spacial score (nSPS) is 14.8. The van der Waals surface area contributed by atoms with Crippen molar-refractivity contribution in [3.05, 3.63) is 76.9 Å². The summed E-state index contributed by atoms with van der Waals surface area (Å²) in [5.74, 6) is -3.03. The van der Waals surface area contributed by atoms with Gasteiger partial charge >= 0.3 is 12.2 Å². The molecule has 1 aliphatic rings. The summed E-state index contributed by atoms with van der Waals surface area (Å²) in [6.07, 6.45) is 0.879. The summed E-state index contributed by atoms with van der Waals surface area (Å²) in [6, 6.07) is 12.8. The number of benzene rings is 3. The highest BCUT2D eigenvalue weighted by Gasteiger charge is 2.34. The first-order valence-electron chi connectivity index (χ1n) is 26.4. The molecule has 0 aliphatic carbocycles. The molecule has 3 atom stereocenters. The summed E-state index contributed by atoms with van der Waals surface area (Å²) in [7, 11) is 5.17. The maximum Gasteiger partial charge on any atom is 0.407 e. The van der Waals surface area contributed by atoms with Crippen molar-refractivity contribution in [2.24, 2.45) is 0 Å². The molecule has 2 unspecified atom stereocenters. The summed E-state index contributed by atoms with van der Waals surface area (Å²) in [4.78, 5) is 94.6. The third-order valence-corrected chi connectivity index (χ3v) is 10.5. The second-order valence-corrected chi connectivity index (χ2v) is 19.9. The zero-order valence-electron chi connectivity index (χ0n) is 48.8. The summed E-state index contributed by atoms with van der Waals surface area (Å²) in [5.41, 5.74) is 1.46. The van der Waals surface area contributed by atoms with Crippen molar-refractivity contribution in [2.45, 2.75) is 139 Å². The average molecular weight is 1090 g/mol. The number of carbonyl (C=O) groups excluding carboxylic acids is 7. The fraction of sp³-hybridized carbons (Fsp3) is 0.544. The van der Waals surface area contributed by atoms with E-state index in [1.807, 2.05) is 73.5 Å². The van der Waals surface area contributed by atoms with E-state index >= 15 is 0 Å². The van der Waals surface area contributed by atoms with Crippen molar-refractivity contribution in [1.82, 2.24) is 41.7 Å². The number of phenolic OH excluding ortho intramolecular Hbond substituents is 1. The van der Waals surface area contributed by atoms with E-state index in [-0.39, 0.29) is 55.7 Å². The Bertz CT molecular complexity index is 2480. The first kappa shape index (κ1) is 68.4. The van der Waals surface area contributed by atoms with Gasteiger partial charge in [0.1, 0.15) is 66.3 Å². The van der Waals surface area contributed by atoms with E-state index in [0.29, 0.717) is 53.3 Å². The number of carbonyl (C=O) groups is 7. The van der Waals surface area contributed by atoms with Crippen LogP contribution in [0.15, 0.2) is 54.6 Å². The SMILES string of the molecule is CC.CCC.CCNC(=O)OC(C)(C)C.CCc1ccc(C(=O)NCC(=O)N(C)C2C(=O)N[C@@H](C)C(=O)NC(C(=O)NCC#N)Cc3ccc(OCCNC(=O)OC(C)(C)C)c(c3)-c3cc2ccc3OCCN(C)C)c(O)c1. The van der Waals surface area contributed by atoms with Gasteiger partial charge < -0.3 is 65.8 Å². The molecule has 21 heteroatoms. The van der Waals surface area contributed by atoms with Crippen LogP contribution in [0.4, 0.5) is 9.59 Å². The lowest BCUT2D eigenvalue weighted by Crippen LogP contribution is -2.55. The molecule has 1 aliphatic heterocycles. The fourth-order valence-corrected chi connectivity index (χ4v) is 6.93. The topological polar surface area (TPSA) is 279 Å². The van der Waals surface area contributed by atoms with Crippen LogP contribution in [-0.2, 0) is 41.5 Å². The summed E-state index contributed by atoms with van der Waals surface area (Å²) >= 11 is 0. The Morgan fingerprint density at radius 3 is 1.88 bits per heavy atom. The predicted octanol–water partition coefficient (Wildman–Crippen LogP) is 6.55. The molecule has 0 radical (unpaired) electrons. The van der Waals surface area contributed by atoms with Gasteiger partial charge in [0.25, 0.3) is 5.91 Å². The van der Waals surface area contributed by atoms with Crippen LogP contribution in [0, 0.1) is 11.3 Å². The standard InChI is InChI=1S/C45H58N8O10.C7H15NO2.C3H8.C2H6/c1-9-28-10-13-31(35(54)24-28)41(57)49-26-38(55)53(8)39-30-12-15-37(62-21-19-52(6)7)33(25-30)32-22-29(11-14-36(32)61-20-18-48-44(60)63-45(3,4)5)23-34(42(58)47-17-16-46)51-40(56)27(2)50-43(39)59;1-5-8-6(9)10-7(2,3)4;1-3-2;1-2/h10-15,22,24-25,27,34,39,54H,9,17-21,23,26H2,1-8H3,(H,47,58)(H,48,60)(H,49,57)(H,50,59)(H,51,56);5H2,1-4H3,(H,8,9);3H2,1-2H3;1-2H3/t27-,34?,39?;;;/m0.../s1. The quantitative estimate of drug-likeness (QED) is 0.0592. The molecule has 7 amide bonds. The molecule has 0 saturated heterocycles. The number of rotatable bonds is 16. The van der Waals surface area contributed by atoms with E-state index in [1.54, 1.807) is 63.2 Å². The van der Waals surface area contributed by atoms with Crippen LogP contribution in [-0.4, -0.2) is 147 Å². The number of hydrogen-bond donors (Lipinski definition) is 7. The van der Waals surface area contributed by atoms with Crippen molar-refractivity contribution < 1.29 is 57.6 Å². The number of ether oxygens (including phenoxy) is 4. The predicted molar refractivity (Wildman–Crippen MR) is 300 cm³/mol. The van der Waals surface area contributed by atoms with E-state index in [0.717, 1.165) is 10.5 Å². The van der Waals surface area contributed by atoms with Crippen molar-refractivity contribution in [3.63, 3.8) is 0 Å². The first-order valence-corrected chi connectivity index (χ1v) is 26.4. The van der Waals surface area contributed by atoms with Crippen molar-refractivity contribution in [3.8, 4) is 34.4 Å². The average Bonchev–Trinajstić information content (AvgIpc) is 3.37. The molecule has 1 heterocycles. The molecule has 3 aromatic carbocycles. The molecule has 0 saturated carbocycles. The number of nitrogens with one attached hydrogen (secondary N) is 6. The minimum absolute atomic E-state index is 0.00372. The molecule has 0 aromatic heterocycles. The van der Waals surface area contributed by atoms with Crippen LogP contribution in [0.2, 0.25) is 0 Å². The number of amides is 7. The number of alkyl carbamates (subject to hydrolysis) is 2. The minimum Gasteiger partial charge on any atom is -0.507 e. The van der Waals surface area contributed by atoms with Crippen molar-refractivity contribution >= 4 is 41.7 Å². The summed E-state index contributed by atoms with van der Waals surface area (Å²) < 4.78 is 22.8. The highest BCUT2D eigenvalue weighted by atomic mass is 16.6. The van der Waals surface area contributed by atoms with Crippen molar-refractivity contribution in [2.75, 3.05) is 67.1 Å². The van der Waals surface area contributed by atoms with Crippen LogP contribution >= 0.6 is 0 Å². The molecule has 3 aromatic rings. The lowest BCUT2D eigenvalue weighted by Gasteiger charge is -2.30. The van der Waals surface area contributed by atoms with Crippen LogP contribution in [0.5, 0.6) is 17.2 Å². The largest absolute Gasteiger partial charge is 0.507 e. The van der Waals surface area contributed by atoms with Gasteiger partial charge in [0.15, 0.2) is 0 Å². The third kappa shape index (κ3) is 24.6. The van der Waals surface area contributed by atoms with Gasteiger partial charge in [-0.3, -0.25) is 24.0 Å². The highest BCUT2D eigenvalue weighted by Crippen LogP contribution is 2.40. The maximum absolute atomic E-state index is 14.4. The summed E-state index contributed by atoms with van der Waals surface area (Å²) in [5, 5.41) is 35.2. The molecular weight excluding hydrogens is 1000 g/mol. The van der Waals surface area contributed by atoms with Gasteiger partial charge in [0, 0.05) is 37.7 Å². The first-order chi connectivity index (χ1) is 36.7. The molecule has 4 rings (SSSR count). The number of aromatic hydroxyl groups is 1. The van der Waals surface area contributed by atoms with Crippen LogP contribution in [0.3, 0.4) is 0 Å². The van der Waals surface area contributed by atoms with Gasteiger partial charge in [-0.25, -0.2) is 9.59 Å². The highest BCUT2D eigenvalue weighted by molar-refractivity contribution is 6.00. The molecule has 432 valence electrons. The maximum atomic E-state index is 14.4. The smallest absolute Gasteiger partial charge is 0.407 e. The summed E-state index contributed by atoms with van der Waals surface area (Å²) in [6.45, 7) is 24.8. The lowest BCUT2D eigenvalue weighted by molar-refractivity contribution is -0.139. The monoisotopic (exact) mass is 1090 g/mol. The number of nitrogens with zero attached hydrogens (tertiary/aromatic N) is 3. The minimum atomic E-state index is -1.39. The number of fused-ring (bicyclic) bond motifs is 5. The Labute approximate surface area is 461 Å². The molecule has 4 bridgehead atoms. The fourth-order valence-electron chi connectivity index (χ4n) is 6.93. The third-order valence-electron chi connectivity index (χ3n) is 10.5. The number of hydrogen-bond acceptors (Lipinski definition) is 14. The molecule has 21 nitrogen and oxygen atoms in total. The number of aryl methyl sites for hydroxylation is 1. The van der Waals surface area contributed by atoms with Gasteiger partial charge in [-0.2, -0.15) is 5.26 Å². The Morgan fingerprint density at radius 2 is 1.33 bits per heavy atom. The van der Waals surface area contributed by atoms with Gasteiger partial charge in [-0.05, 0) is 129 Å².